The number of carbonyl (C=O) groups excluding carboxylic acids is 1. The molecule has 1 aromatic carbocycles. The largest absolute Gasteiger partial charge is 0.586 e. The Kier molecular flexibility index (Phi) is 4.53. The highest BCUT2D eigenvalue weighted by Crippen LogP contribution is 2.42. The van der Waals surface area contributed by atoms with E-state index in [9.17, 15) is 13.6 Å². The lowest BCUT2D eigenvalue weighted by Crippen LogP contribution is -2.25. The summed E-state index contributed by atoms with van der Waals surface area (Å²) in [4.78, 5) is 16.1. The minimum Gasteiger partial charge on any atom is -0.395 e. The Balaban J connectivity index is 1.65. The molecule has 0 aliphatic carbocycles. The van der Waals surface area contributed by atoms with E-state index in [0.717, 1.165) is 11.4 Å². The number of hydrogen-bond acceptors (Lipinski definition) is 6. The van der Waals surface area contributed by atoms with Crippen LogP contribution in [0.25, 0.3) is 5.69 Å². The summed E-state index contributed by atoms with van der Waals surface area (Å²) < 4.78 is 36.9. The second-order valence-corrected chi connectivity index (χ2v) is 6.39. The maximum atomic E-state index is 13.2. The highest BCUT2D eigenvalue weighted by molar-refractivity contribution is 5.78. The van der Waals surface area contributed by atoms with Crippen molar-refractivity contribution in [3.63, 3.8) is 0 Å². The van der Waals surface area contributed by atoms with Crippen molar-refractivity contribution < 1.29 is 23.0 Å². The fraction of sp³-hybridized carbons (Fsp3) is 0.211. The molecule has 0 fully saturated rings. The van der Waals surface area contributed by atoms with Crippen LogP contribution in [0.5, 0.6) is 11.5 Å². The van der Waals surface area contributed by atoms with Gasteiger partial charge in [0.25, 0.3) is 0 Å². The molecular weight excluding hydrogens is 384 g/mol. The van der Waals surface area contributed by atoms with Crippen molar-refractivity contribution in [3.8, 4) is 17.2 Å². The van der Waals surface area contributed by atoms with E-state index in [1.807, 2.05) is 13.0 Å². The zero-order valence-corrected chi connectivity index (χ0v) is 15.6. The van der Waals surface area contributed by atoms with Crippen LogP contribution < -0.4 is 20.1 Å². The number of amides is 1. The summed E-state index contributed by atoms with van der Waals surface area (Å²) in [6, 6.07) is 9.67. The van der Waals surface area contributed by atoms with Gasteiger partial charge in [-0.1, -0.05) is 0 Å². The molecule has 2 aromatic heterocycles. The van der Waals surface area contributed by atoms with Crippen LogP contribution in [0.2, 0.25) is 0 Å². The Morgan fingerprint density at radius 1 is 1.17 bits per heavy atom. The van der Waals surface area contributed by atoms with E-state index in [1.165, 1.54) is 12.1 Å². The van der Waals surface area contributed by atoms with Gasteiger partial charge in [-0.2, -0.15) is 0 Å². The van der Waals surface area contributed by atoms with Crippen molar-refractivity contribution in [2.45, 2.75) is 19.6 Å². The predicted octanol–water partition coefficient (Wildman–Crippen LogP) is 2.93. The molecule has 4 rings (SSSR count). The number of alkyl halides is 2. The molecule has 8 nitrogen and oxygen atoms in total. The van der Waals surface area contributed by atoms with Crippen LogP contribution in [0.4, 0.5) is 20.3 Å². The maximum absolute atomic E-state index is 13.2. The molecular formula is C19H17F2N5O3. The number of halogens is 2. The van der Waals surface area contributed by atoms with Crippen molar-refractivity contribution in [2.75, 3.05) is 12.4 Å². The molecule has 0 saturated heterocycles. The first kappa shape index (κ1) is 18.7. The molecule has 0 unspecified atom stereocenters. The Bertz CT molecular complexity index is 1080. The maximum Gasteiger partial charge on any atom is 0.586 e. The van der Waals surface area contributed by atoms with Gasteiger partial charge in [-0.3, -0.25) is 9.78 Å². The molecule has 1 aliphatic rings. The number of carbonyl (C=O) groups is 1. The molecule has 1 aliphatic heterocycles. The van der Waals surface area contributed by atoms with Gasteiger partial charge in [0.2, 0.25) is 5.91 Å². The molecule has 10 heteroatoms. The first-order valence-corrected chi connectivity index (χ1v) is 8.72. The second-order valence-electron chi connectivity index (χ2n) is 6.39. The average Bonchev–Trinajstić information content (AvgIpc) is 3.19. The monoisotopic (exact) mass is 401 g/mol. The number of aromatic nitrogens is 3. The van der Waals surface area contributed by atoms with Crippen molar-refractivity contribution in [1.82, 2.24) is 20.1 Å². The molecule has 3 aromatic rings. The van der Waals surface area contributed by atoms with Crippen LogP contribution in [0.3, 0.4) is 0 Å². The number of aryl methyl sites for hydroxylation is 1. The SMILES string of the molecule is CNC(=O)Cc1cc(Nc2ccc3c(c2)OC(F)(F)O3)nn1-c1ccnc(C)c1. The third kappa shape index (κ3) is 3.96. The van der Waals surface area contributed by atoms with Crippen LogP contribution >= 0.6 is 0 Å². The fourth-order valence-corrected chi connectivity index (χ4v) is 2.92. The van der Waals surface area contributed by atoms with Crippen LogP contribution in [0, 0.1) is 6.92 Å². The van der Waals surface area contributed by atoms with Gasteiger partial charge in [0, 0.05) is 36.8 Å². The number of nitrogens with zero attached hydrogens (tertiary/aromatic N) is 3. The van der Waals surface area contributed by atoms with E-state index in [-0.39, 0.29) is 23.8 Å². The number of benzene rings is 1. The molecule has 150 valence electrons. The minimum absolute atomic E-state index is 0.0429. The Labute approximate surface area is 164 Å². The molecule has 2 N–H and O–H groups in total. The summed E-state index contributed by atoms with van der Waals surface area (Å²) in [7, 11) is 1.56. The van der Waals surface area contributed by atoms with Crippen molar-refractivity contribution in [3.05, 3.63) is 54.0 Å². The highest BCUT2D eigenvalue weighted by Gasteiger charge is 2.43. The zero-order chi connectivity index (χ0) is 20.6. The lowest BCUT2D eigenvalue weighted by Gasteiger charge is -2.07. The van der Waals surface area contributed by atoms with Gasteiger partial charge in [-0.05, 0) is 31.2 Å². The standard InChI is InChI=1S/C19H17F2N5O3/c1-11-7-13(5-6-23-11)26-14(10-18(27)22-2)9-17(25-26)24-12-3-4-15-16(8-12)29-19(20,21)28-15/h3-9H,10H2,1-2H3,(H,22,27)(H,24,25). The van der Waals surface area contributed by atoms with E-state index >= 15 is 0 Å². The first-order chi connectivity index (χ1) is 13.8. The third-order valence-electron chi connectivity index (χ3n) is 4.20. The Morgan fingerprint density at radius 2 is 1.97 bits per heavy atom. The molecule has 3 heterocycles. The average molecular weight is 401 g/mol. The minimum atomic E-state index is -3.68. The number of nitrogens with one attached hydrogen (secondary N) is 2. The van der Waals surface area contributed by atoms with Gasteiger partial charge in [0.1, 0.15) is 0 Å². The number of rotatable bonds is 5. The number of ether oxygens (including phenoxy) is 2. The van der Waals surface area contributed by atoms with Gasteiger partial charge in [-0.25, -0.2) is 4.68 Å². The van der Waals surface area contributed by atoms with Gasteiger partial charge in [-0.15, -0.1) is 13.9 Å². The molecule has 0 atom stereocenters. The second kappa shape index (κ2) is 7.04. The fourth-order valence-electron chi connectivity index (χ4n) is 2.92. The topological polar surface area (TPSA) is 90.3 Å². The van der Waals surface area contributed by atoms with Gasteiger partial charge >= 0.3 is 6.29 Å². The summed E-state index contributed by atoms with van der Waals surface area (Å²) >= 11 is 0. The molecule has 29 heavy (non-hydrogen) atoms. The third-order valence-corrected chi connectivity index (χ3v) is 4.20. The van der Waals surface area contributed by atoms with Gasteiger partial charge in [0.15, 0.2) is 17.3 Å². The molecule has 0 radical (unpaired) electrons. The summed E-state index contributed by atoms with van der Waals surface area (Å²) in [5.41, 5.74) is 2.67. The summed E-state index contributed by atoms with van der Waals surface area (Å²) in [6.45, 7) is 1.85. The van der Waals surface area contributed by atoms with Gasteiger partial charge < -0.3 is 20.1 Å². The first-order valence-electron chi connectivity index (χ1n) is 8.72. The van der Waals surface area contributed by atoms with E-state index < -0.39 is 6.29 Å². The normalized spacial score (nSPS) is 13.9. The smallest absolute Gasteiger partial charge is 0.395 e. The molecule has 1 amide bonds. The summed E-state index contributed by atoms with van der Waals surface area (Å²) in [5, 5.41) is 10.1. The lowest BCUT2D eigenvalue weighted by molar-refractivity contribution is -0.286. The van der Waals surface area contributed by atoms with Crippen molar-refractivity contribution in [1.29, 1.82) is 0 Å². The van der Waals surface area contributed by atoms with Crippen LogP contribution in [-0.4, -0.2) is 34.0 Å². The van der Waals surface area contributed by atoms with Crippen molar-refractivity contribution in [2.24, 2.45) is 0 Å². The van der Waals surface area contributed by atoms with E-state index in [0.29, 0.717) is 17.2 Å². The number of fused-ring (bicyclic) bond motifs is 1. The predicted molar refractivity (Wildman–Crippen MR) is 99.8 cm³/mol. The highest BCUT2D eigenvalue weighted by atomic mass is 19.3. The Morgan fingerprint density at radius 3 is 2.72 bits per heavy atom. The van der Waals surface area contributed by atoms with Gasteiger partial charge in [0.05, 0.1) is 17.8 Å². The number of pyridine rings is 1. The molecule has 0 saturated carbocycles. The molecule has 0 spiro atoms. The lowest BCUT2D eigenvalue weighted by atomic mass is 10.2. The summed E-state index contributed by atoms with van der Waals surface area (Å²) in [5.74, 6) is 0.145. The van der Waals surface area contributed by atoms with Crippen molar-refractivity contribution >= 4 is 17.4 Å². The Hall–Kier alpha value is -3.69. The van der Waals surface area contributed by atoms with E-state index in [2.05, 4.69) is 30.2 Å². The van der Waals surface area contributed by atoms with E-state index in [1.54, 1.807) is 36.1 Å². The zero-order valence-electron chi connectivity index (χ0n) is 15.6. The van der Waals surface area contributed by atoms with E-state index in [4.69, 9.17) is 0 Å². The summed E-state index contributed by atoms with van der Waals surface area (Å²) in [6.07, 6.45) is -1.91. The van der Waals surface area contributed by atoms with Crippen LogP contribution in [-0.2, 0) is 11.2 Å². The van der Waals surface area contributed by atoms with Crippen LogP contribution in [0.15, 0.2) is 42.6 Å². The number of hydrogen-bond donors (Lipinski definition) is 2. The van der Waals surface area contributed by atoms with Crippen LogP contribution in [0.1, 0.15) is 11.4 Å². The number of anilines is 2. The number of likely N-dealkylation sites (N-methyl/N-ethyl adjacent to an activating group) is 1. The molecule has 0 bridgehead atoms. The quantitative estimate of drug-likeness (QED) is 0.683.